The van der Waals surface area contributed by atoms with Crippen LogP contribution in [0.25, 0.3) is 0 Å². The van der Waals surface area contributed by atoms with Gasteiger partial charge in [-0.15, -0.1) is 11.3 Å². The molecule has 1 atom stereocenters. The summed E-state index contributed by atoms with van der Waals surface area (Å²) in [6.07, 6.45) is 0. The minimum Gasteiger partial charge on any atom is -0.479 e. The first kappa shape index (κ1) is 23.9. The van der Waals surface area contributed by atoms with Gasteiger partial charge >= 0.3 is 5.97 Å². The monoisotopic (exact) mass is 483 g/mol. The molecule has 3 aromatic carbocycles. The highest BCUT2D eigenvalue weighted by Crippen LogP contribution is 2.36. The van der Waals surface area contributed by atoms with Crippen molar-refractivity contribution in [1.29, 1.82) is 0 Å². The van der Waals surface area contributed by atoms with Gasteiger partial charge in [0.05, 0.1) is 16.4 Å². The molecule has 0 aliphatic heterocycles. The average Bonchev–Trinajstić information content (AvgIpc) is 3.33. The fourth-order valence-electron chi connectivity index (χ4n) is 3.91. The maximum atomic E-state index is 13.1. The molecule has 0 spiro atoms. The Morgan fingerprint density at radius 2 is 1.46 bits per heavy atom. The van der Waals surface area contributed by atoms with E-state index in [1.165, 1.54) is 11.3 Å². The molecule has 1 unspecified atom stereocenters. The number of nitrogens with zero attached hydrogens (tertiary/aromatic N) is 1. The van der Waals surface area contributed by atoms with Crippen molar-refractivity contribution in [3.05, 3.63) is 124 Å². The van der Waals surface area contributed by atoms with Crippen LogP contribution in [-0.2, 0) is 4.79 Å². The predicted octanol–water partition coefficient (Wildman–Crippen LogP) is 5.49. The van der Waals surface area contributed by atoms with Gasteiger partial charge in [-0.1, -0.05) is 72.8 Å². The summed E-state index contributed by atoms with van der Waals surface area (Å²) in [5.41, 5.74) is 8.81. The zero-order valence-corrected chi connectivity index (χ0v) is 19.9. The van der Waals surface area contributed by atoms with Crippen LogP contribution < -0.4 is 11.1 Å². The van der Waals surface area contributed by atoms with Crippen molar-refractivity contribution in [2.24, 2.45) is 10.7 Å². The predicted molar refractivity (Wildman–Crippen MR) is 139 cm³/mol. The van der Waals surface area contributed by atoms with Crippen LogP contribution in [0.1, 0.15) is 50.1 Å². The first-order chi connectivity index (χ1) is 16.9. The summed E-state index contributed by atoms with van der Waals surface area (Å²) < 4.78 is 0. The number of nitrogens with one attached hydrogen (secondary N) is 1. The van der Waals surface area contributed by atoms with E-state index in [4.69, 9.17) is 5.73 Å². The second kappa shape index (κ2) is 10.8. The summed E-state index contributed by atoms with van der Waals surface area (Å²) in [4.78, 5) is 30.7. The maximum Gasteiger partial charge on any atom is 0.330 e. The van der Waals surface area contributed by atoms with Gasteiger partial charge in [-0.25, -0.2) is 9.79 Å². The van der Waals surface area contributed by atoms with E-state index >= 15 is 0 Å². The van der Waals surface area contributed by atoms with Crippen LogP contribution in [0.5, 0.6) is 0 Å². The molecule has 0 radical (unpaired) electrons. The lowest BCUT2D eigenvalue weighted by molar-refractivity contribution is -0.139. The number of carbonyl (C=O) groups is 2. The number of hydrogen-bond acceptors (Lipinski definition) is 4. The number of thiophene rings is 1. The largest absolute Gasteiger partial charge is 0.479 e. The topological polar surface area (TPSA) is 105 Å². The van der Waals surface area contributed by atoms with E-state index in [0.717, 1.165) is 16.0 Å². The van der Waals surface area contributed by atoms with Crippen LogP contribution in [0.15, 0.2) is 102 Å². The van der Waals surface area contributed by atoms with E-state index in [-0.39, 0.29) is 5.92 Å². The van der Waals surface area contributed by atoms with Crippen molar-refractivity contribution in [2.75, 3.05) is 0 Å². The molecule has 1 aromatic heterocycles. The van der Waals surface area contributed by atoms with Crippen LogP contribution >= 0.6 is 11.3 Å². The molecule has 0 saturated heterocycles. The zero-order valence-electron chi connectivity index (χ0n) is 19.1. The highest BCUT2D eigenvalue weighted by atomic mass is 32.1. The van der Waals surface area contributed by atoms with Crippen LogP contribution in [0.4, 0.5) is 5.69 Å². The Labute approximate surface area is 207 Å². The van der Waals surface area contributed by atoms with Gasteiger partial charge in [0.25, 0.3) is 5.91 Å². The van der Waals surface area contributed by atoms with E-state index in [0.29, 0.717) is 22.0 Å². The standard InChI is InChI=1S/C28H25N3O3S/c1-18(29)30-22-14-8-13-21(17-22)26(28(33)34)31-27(32)24-16-15-23(35-24)25(19-9-4-2-5-10-19)20-11-6-3-7-12-20/h2-17,25-26H,1H3,(H2,29,30)(H,31,32)(H,33,34). The molecule has 4 N–H and O–H groups in total. The van der Waals surface area contributed by atoms with Crippen LogP contribution in [-0.4, -0.2) is 22.8 Å². The molecule has 35 heavy (non-hydrogen) atoms. The Bertz CT molecular complexity index is 1310. The van der Waals surface area contributed by atoms with Crippen LogP contribution in [0, 0.1) is 0 Å². The Morgan fingerprint density at radius 3 is 2.03 bits per heavy atom. The van der Waals surface area contributed by atoms with Crippen LogP contribution in [0.3, 0.4) is 0 Å². The van der Waals surface area contributed by atoms with E-state index < -0.39 is 17.9 Å². The average molecular weight is 484 g/mol. The van der Waals surface area contributed by atoms with E-state index in [1.807, 2.05) is 42.5 Å². The zero-order chi connectivity index (χ0) is 24.8. The van der Waals surface area contributed by atoms with Crippen molar-refractivity contribution in [3.8, 4) is 0 Å². The molecule has 0 saturated carbocycles. The number of amidine groups is 1. The second-order valence-corrected chi connectivity index (χ2v) is 9.16. The fraction of sp³-hybridized carbons (Fsp3) is 0.107. The lowest BCUT2D eigenvalue weighted by Gasteiger charge is -2.17. The Morgan fingerprint density at radius 1 is 0.857 bits per heavy atom. The smallest absolute Gasteiger partial charge is 0.330 e. The van der Waals surface area contributed by atoms with Gasteiger partial charge in [-0.05, 0) is 47.9 Å². The number of benzene rings is 3. The highest BCUT2D eigenvalue weighted by Gasteiger charge is 2.25. The highest BCUT2D eigenvalue weighted by molar-refractivity contribution is 7.14. The number of rotatable bonds is 8. The first-order valence-corrected chi connectivity index (χ1v) is 11.9. The molecule has 0 aliphatic rings. The van der Waals surface area contributed by atoms with Gasteiger partial charge in [0.15, 0.2) is 6.04 Å². The van der Waals surface area contributed by atoms with E-state index in [1.54, 1.807) is 37.3 Å². The number of aliphatic imine (C=N–C) groups is 1. The number of carbonyl (C=O) groups excluding carboxylic acids is 1. The molecule has 6 nitrogen and oxygen atoms in total. The van der Waals surface area contributed by atoms with Crippen LogP contribution in [0.2, 0.25) is 0 Å². The number of amides is 1. The van der Waals surface area contributed by atoms with Gasteiger partial charge < -0.3 is 16.2 Å². The summed E-state index contributed by atoms with van der Waals surface area (Å²) in [5.74, 6) is -1.28. The molecule has 1 heterocycles. The van der Waals surface area contributed by atoms with Gasteiger partial charge in [0, 0.05) is 10.8 Å². The number of carboxylic acid groups (broad SMARTS) is 1. The summed E-state index contributed by atoms with van der Waals surface area (Å²) in [5, 5.41) is 12.5. The minimum absolute atomic E-state index is 0.0340. The normalized spacial score (nSPS) is 12.3. The maximum absolute atomic E-state index is 13.1. The number of nitrogens with two attached hydrogens (primary N) is 1. The van der Waals surface area contributed by atoms with E-state index in [2.05, 4.69) is 34.6 Å². The number of hydrogen-bond donors (Lipinski definition) is 3. The summed E-state index contributed by atoms with van der Waals surface area (Å²) in [6, 6.07) is 29.3. The lowest BCUT2D eigenvalue weighted by atomic mass is 9.90. The van der Waals surface area contributed by atoms with Crippen molar-refractivity contribution in [1.82, 2.24) is 5.32 Å². The van der Waals surface area contributed by atoms with Crippen molar-refractivity contribution < 1.29 is 14.7 Å². The molecular weight excluding hydrogens is 458 g/mol. The van der Waals surface area contributed by atoms with Gasteiger partial charge in [0.1, 0.15) is 0 Å². The fourth-order valence-corrected chi connectivity index (χ4v) is 4.98. The molecule has 0 aliphatic carbocycles. The SMILES string of the molecule is CC(N)=Nc1cccc(C(NC(=O)c2ccc(C(c3ccccc3)c3ccccc3)s2)C(=O)O)c1. The molecule has 7 heteroatoms. The first-order valence-electron chi connectivity index (χ1n) is 11.1. The molecule has 1 amide bonds. The number of carboxylic acids is 1. The second-order valence-electron chi connectivity index (χ2n) is 8.05. The summed E-state index contributed by atoms with van der Waals surface area (Å²) in [6.45, 7) is 1.65. The van der Waals surface area contributed by atoms with Crippen molar-refractivity contribution in [2.45, 2.75) is 18.9 Å². The molecule has 0 bridgehead atoms. The molecule has 0 fully saturated rings. The lowest BCUT2D eigenvalue weighted by Crippen LogP contribution is -2.33. The summed E-state index contributed by atoms with van der Waals surface area (Å²) >= 11 is 1.36. The summed E-state index contributed by atoms with van der Waals surface area (Å²) in [7, 11) is 0. The third-order valence-corrected chi connectivity index (χ3v) is 6.58. The van der Waals surface area contributed by atoms with Gasteiger partial charge in [-0.3, -0.25) is 4.79 Å². The van der Waals surface area contributed by atoms with Gasteiger partial charge in [0.2, 0.25) is 0 Å². The molecule has 4 aromatic rings. The van der Waals surface area contributed by atoms with Crippen molar-refractivity contribution in [3.63, 3.8) is 0 Å². The number of aliphatic carboxylic acids is 1. The van der Waals surface area contributed by atoms with E-state index in [9.17, 15) is 14.7 Å². The third-order valence-electron chi connectivity index (χ3n) is 5.43. The Balaban J connectivity index is 1.61. The Kier molecular flexibility index (Phi) is 7.38. The Hall–Kier alpha value is -4.23. The molecular formula is C28H25N3O3S. The van der Waals surface area contributed by atoms with Gasteiger partial charge in [-0.2, -0.15) is 0 Å². The molecule has 176 valence electrons. The quantitative estimate of drug-likeness (QED) is 0.228. The molecule has 4 rings (SSSR count). The minimum atomic E-state index is -1.22. The third kappa shape index (κ3) is 5.83. The van der Waals surface area contributed by atoms with Crippen molar-refractivity contribution >= 4 is 34.7 Å².